The Morgan fingerprint density at radius 2 is 2.00 bits per heavy atom. The first-order valence-electron chi connectivity index (χ1n) is 6.78. The van der Waals surface area contributed by atoms with E-state index in [-0.39, 0.29) is 11.9 Å². The molecule has 19 heavy (non-hydrogen) atoms. The number of hydrogen-bond acceptors (Lipinski definition) is 3. The van der Waals surface area contributed by atoms with Crippen molar-refractivity contribution in [3.05, 3.63) is 24.3 Å². The number of benzene rings is 1. The SMILES string of the molecule is CN(C)c1ccc(NC(=O)C2(C)CCCC2N)cc1. The molecular weight excluding hydrogens is 238 g/mol. The molecule has 0 saturated heterocycles. The van der Waals surface area contributed by atoms with Crippen molar-refractivity contribution in [2.45, 2.75) is 32.2 Å². The Balaban J connectivity index is 2.06. The molecule has 2 rings (SSSR count). The van der Waals surface area contributed by atoms with Crippen LogP contribution in [0.1, 0.15) is 26.2 Å². The van der Waals surface area contributed by atoms with Crippen molar-refractivity contribution in [2.24, 2.45) is 11.1 Å². The van der Waals surface area contributed by atoms with Gasteiger partial charge in [-0.1, -0.05) is 6.42 Å². The third kappa shape index (κ3) is 2.73. The van der Waals surface area contributed by atoms with E-state index in [1.54, 1.807) is 0 Å². The summed E-state index contributed by atoms with van der Waals surface area (Å²) in [5.74, 6) is 0.0371. The van der Waals surface area contributed by atoms with Crippen LogP contribution < -0.4 is 16.0 Å². The number of hydrogen-bond donors (Lipinski definition) is 2. The molecule has 1 aromatic rings. The Morgan fingerprint density at radius 1 is 1.37 bits per heavy atom. The number of carbonyl (C=O) groups is 1. The van der Waals surface area contributed by atoms with E-state index in [0.717, 1.165) is 30.6 Å². The Kier molecular flexibility index (Phi) is 3.80. The summed E-state index contributed by atoms with van der Waals surface area (Å²) in [6.45, 7) is 1.97. The van der Waals surface area contributed by atoms with Crippen LogP contribution >= 0.6 is 0 Å². The lowest BCUT2D eigenvalue weighted by Gasteiger charge is -2.27. The van der Waals surface area contributed by atoms with Crippen molar-refractivity contribution in [3.63, 3.8) is 0 Å². The Hall–Kier alpha value is -1.55. The number of nitrogens with zero attached hydrogens (tertiary/aromatic N) is 1. The molecule has 1 amide bonds. The molecule has 1 aliphatic rings. The average molecular weight is 261 g/mol. The Labute approximate surface area is 115 Å². The van der Waals surface area contributed by atoms with Gasteiger partial charge < -0.3 is 16.0 Å². The normalized spacial score (nSPS) is 26.2. The van der Waals surface area contributed by atoms with Crippen LogP contribution in [-0.4, -0.2) is 26.0 Å². The molecule has 2 unspecified atom stereocenters. The van der Waals surface area contributed by atoms with E-state index >= 15 is 0 Å². The second kappa shape index (κ2) is 5.21. The minimum atomic E-state index is -0.430. The third-order valence-corrected chi connectivity index (χ3v) is 4.19. The quantitative estimate of drug-likeness (QED) is 0.877. The summed E-state index contributed by atoms with van der Waals surface area (Å²) < 4.78 is 0. The van der Waals surface area contributed by atoms with Gasteiger partial charge in [-0.05, 0) is 44.0 Å². The summed E-state index contributed by atoms with van der Waals surface area (Å²) in [5, 5.41) is 2.98. The standard InChI is InChI=1S/C15H23N3O/c1-15(10-4-5-13(15)16)14(19)17-11-6-8-12(9-7-11)18(2)3/h6-9,13H,4-5,10,16H2,1-3H3,(H,17,19). The Bertz CT molecular complexity index is 455. The highest BCUT2D eigenvalue weighted by molar-refractivity contribution is 5.96. The molecule has 0 aromatic heterocycles. The fourth-order valence-corrected chi connectivity index (χ4v) is 2.59. The lowest BCUT2D eigenvalue weighted by Crippen LogP contribution is -2.44. The summed E-state index contributed by atoms with van der Waals surface area (Å²) in [5.41, 5.74) is 7.58. The summed E-state index contributed by atoms with van der Waals surface area (Å²) in [4.78, 5) is 14.4. The van der Waals surface area contributed by atoms with Crippen LogP contribution in [-0.2, 0) is 4.79 Å². The fourth-order valence-electron chi connectivity index (χ4n) is 2.59. The predicted molar refractivity (Wildman–Crippen MR) is 79.3 cm³/mol. The molecule has 0 spiro atoms. The van der Waals surface area contributed by atoms with E-state index in [9.17, 15) is 4.79 Å². The van der Waals surface area contributed by atoms with Crippen molar-refractivity contribution in [3.8, 4) is 0 Å². The molecule has 4 heteroatoms. The first-order chi connectivity index (χ1) is 8.93. The molecule has 1 saturated carbocycles. The van der Waals surface area contributed by atoms with Crippen LogP contribution in [0.4, 0.5) is 11.4 Å². The van der Waals surface area contributed by atoms with Gasteiger partial charge in [0.15, 0.2) is 0 Å². The van der Waals surface area contributed by atoms with Crippen LogP contribution in [0.2, 0.25) is 0 Å². The lowest BCUT2D eigenvalue weighted by atomic mass is 9.84. The minimum absolute atomic E-state index is 0.0338. The first kappa shape index (κ1) is 13.9. The zero-order valence-electron chi connectivity index (χ0n) is 11.9. The highest BCUT2D eigenvalue weighted by atomic mass is 16.2. The highest BCUT2D eigenvalue weighted by Gasteiger charge is 2.42. The van der Waals surface area contributed by atoms with Gasteiger partial charge in [0.1, 0.15) is 0 Å². The smallest absolute Gasteiger partial charge is 0.231 e. The molecule has 4 nitrogen and oxygen atoms in total. The van der Waals surface area contributed by atoms with Gasteiger partial charge in [0, 0.05) is 31.5 Å². The van der Waals surface area contributed by atoms with Gasteiger partial charge >= 0.3 is 0 Å². The summed E-state index contributed by atoms with van der Waals surface area (Å²) in [6, 6.07) is 7.81. The number of anilines is 2. The van der Waals surface area contributed by atoms with Gasteiger partial charge in [0.05, 0.1) is 5.41 Å². The molecule has 0 bridgehead atoms. The maximum Gasteiger partial charge on any atom is 0.231 e. The summed E-state index contributed by atoms with van der Waals surface area (Å²) in [6.07, 6.45) is 2.84. The van der Waals surface area contributed by atoms with Crippen LogP contribution in [0, 0.1) is 5.41 Å². The molecule has 2 atom stereocenters. The second-order valence-electron chi connectivity index (χ2n) is 5.81. The van der Waals surface area contributed by atoms with Crippen molar-refractivity contribution < 1.29 is 4.79 Å². The monoisotopic (exact) mass is 261 g/mol. The molecule has 0 radical (unpaired) electrons. The number of nitrogens with one attached hydrogen (secondary N) is 1. The van der Waals surface area contributed by atoms with Gasteiger partial charge in [-0.3, -0.25) is 4.79 Å². The van der Waals surface area contributed by atoms with Gasteiger partial charge in [-0.15, -0.1) is 0 Å². The van der Waals surface area contributed by atoms with Crippen molar-refractivity contribution >= 4 is 17.3 Å². The van der Waals surface area contributed by atoms with Crippen LogP contribution in [0.15, 0.2) is 24.3 Å². The van der Waals surface area contributed by atoms with E-state index in [0.29, 0.717) is 0 Å². The van der Waals surface area contributed by atoms with Crippen LogP contribution in [0.5, 0.6) is 0 Å². The zero-order chi connectivity index (χ0) is 14.0. The van der Waals surface area contributed by atoms with E-state index in [1.807, 2.05) is 50.2 Å². The molecule has 0 heterocycles. The number of carbonyl (C=O) groups excluding carboxylic acids is 1. The fraction of sp³-hybridized carbons (Fsp3) is 0.533. The third-order valence-electron chi connectivity index (χ3n) is 4.19. The van der Waals surface area contributed by atoms with Crippen molar-refractivity contribution in [1.29, 1.82) is 0 Å². The average Bonchev–Trinajstić information content (AvgIpc) is 2.71. The summed E-state index contributed by atoms with van der Waals surface area (Å²) >= 11 is 0. The molecule has 104 valence electrons. The molecule has 1 fully saturated rings. The summed E-state index contributed by atoms with van der Waals surface area (Å²) in [7, 11) is 3.98. The molecule has 0 aliphatic heterocycles. The topological polar surface area (TPSA) is 58.4 Å². The molecule has 1 aliphatic carbocycles. The number of nitrogens with two attached hydrogens (primary N) is 1. The molecule has 1 aromatic carbocycles. The second-order valence-corrected chi connectivity index (χ2v) is 5.81. The van der Waals surface area contributed by atoms with Crippen LogP contribution in [0.3, 0.4) is 0 Å². The minimum Gasteiger partial charge on any atom is -0.378 e. The largest absolute Gasteiger partial charge is 0.378 e. The predicted octanol–water partition coefficient (Wildman–Crippen LogP) is 2.21. The van der Waals surface area contributed by atoms with Crippen LogP contribution in [0.25, 0.3) is 0 Å². The highest BCUT2D eigenvalue weighted by Crippen LogP contribution is 2.37. The van der Waals surface area contributed by atoms with E-state index < -0.39 is 5.41 Å². The van der Waals surface area contributed by atoms with Gasteiger partial charge in [0.25, 0.3) is 0 Å². The van der Waals surface area contributed by atoms with Crippen molar-refractivity contribution in [2.75, 3.05) is 24.3 Å². The van der Waals surface area contributed by atoms with E-state index in [1.165, 1.54) is 0 Å². The molecular formula is C15H23N3O. The first-order valence-corrected chi connectivity index (χ1v) is 6.78. The van der Waals surface area contributed by atoms with Crippen molar-refractivity contribution in [1.82, 2.24) is 0 Å². The molecule has 3 N–H and O–H groups in total. The maximum atomic E-state index is 12.4. The Morgan fingerprint density at radius 3 is 2.47 bits per heavy atom. The van der Waals surface area contributed by atoms with Gasteiger partial charge in [0.2, 0.25) is 5.91 Å². The van der Waals surface area contributed by atoms with E-state index in [4.69, 9.17) is 5.73 Å². The lowest BCUT2D eigenvalue weighted by molar-refractivity contribution is -0.125. The van der Waals surface area contributed by atoms with Gasteiger partial charge in [-0.2, -0.15) is 0 Å². The zero-order valence-corrected chi connectivity index (χ0v) is 11.9. The van der Waals surface area contributed by atoms with E-state index in [2.05, 4.69) is 5.32 Å². The maximum absolute atomic E-state index is 12.4. The number of rotatable bonds is 3. The van der Waals surface area contributed by atoms with Gasteiger partial charge in [-0.25, -0.2) is 0 Å². The number of amides is 1.